The maximum atomic E-state index is 12.0. The van der Waals surface area contributed by atoms with E-state index in [-0.39, 0.29) is 12.1 Å². The molecule has 3 unspecified atom stereocenters. The lowest BCUT2D eigenvalue weighted by Crippen LogP contribution is -2.42. The predicted molar refractivity (Wildman–Crippen MR) is 53.1 cm³/mol. The molecule has 6 heteroatoms. The number of aliphatic hydroxyl groups is 1. The summed E-state index contributed by atoms with van der Waals surface area (Å²) < 4.78 is 41.3. The lowest BCUT2D eigenvalue weighted by atomic mass is 10.1. The molecular weight excluding hydrogens is 223 g/mol. The van der Waals surface area contributed by atoms with Gasteiger partial charge in [-0.05, 0) is 26.2 Å². The summed E-state index contributed by atoms with van der Waals surface area (Å²) in [6, 6.07) is -0.0832. The first-order chi connectivity index (χ1) is 7.39. The highest BCUT2D eigenvalue weighted by atomic mass is 19.4. The third kappa shape index (κ3) is 4.67. The first-order valence-electron chi connectivity index (χ1n) is 5.49. The van der Waals surface area contributed by atoms with E-state index in [2.05, 4.69) is 5.32 Å². The topological polar surface area (TPSA) is 41.5 Å². The largest absolute Gasteiger partial charge is 0.415 e. The maximum Gasteiger partial charge on any atom is 0.415 e. The predicted octanol–water partition coefficient (Wildman–Crippen LogP) is 1.46. The zero-order chi connectivity index (χ0) is 12.2. The highest BCUT2D eigenvalue weighted by Gasteiger charge is 2.38. The molecule has 1 heterocycles. The first kappa shape index (κ1) is 13.7. The Labute approximate surface area is 93.0 Å². The highest BCUT2D eigenvalue weighted by Crippen LogP contribution is 2.20. The fourth-order valence-electron chi connectivity index (χ4n) is 1.74. The number of rotatable bonds is 5. The van der Waals surface area contributed by atoms with Gasteiger partial charge in [-0.3, -0.25) is 0 Å². The monoisotopic (exact) mass is 241 g/mol. The summed E-state index contributed by atoms with van der Waals surface area (Å²) in [5.74, 6) is 0. The van der Waals surface area contributed by atoms with Crippen molar-refractivity contribution in [2.75, 3.05) is 13.2 Å². The Bertz CT molecular complexity index is 205. The summed E-state index contributed by atoms with van der Waals surface area (Å²) in [7, 11) is 0. The number of ether oxygens (including phenoxy) is 1. The molecule has 3 atom stereocenters. The van der Waals surface area contributed by atoms with E-state index in [0.717, 1.165) is 19.4 Å². The van der Waals surface area contributed by atoms with Crippen LogP contribution in [-0.4, -0.2) is 42.7 Å². The van der Waals surface area contributed by atoms with Crippen LogP contribution in [-0.2, 0) is 4.74 Å². The standard InChI is InChI=1S/C10H18F3NO2/c1-7(5-8-3-2-4-16-8)14-6-9(15)10(11,12)13/h7-9,14-15H,2-6H2,1H3. The molecule has 0 radical (unpaired) electrons. The minimum atomic E-state index is -4.55. The van der Waals surface area contributed by atoms with Crippen molar-refractivity contribution in [3.8, 4) is 0 Å². The van der Waals surface area contributed by atoms with Gasteiger partial charge in [-0.2, -0.15) is 13.2 Å². The molecule has 0 amide bonds. The van der Waals surface area contributed by atoms with Gasteiger partial charge >= 0.3 is 6.18 Å². The van der Waals surface area contributed by atoms with E-state index in [1.807, 2.05) is 0 Å². The van der Waals surface area contributed by atoms with Gasteiger partial charge in [-0.15, -0.1) is 0 Å². The molecule has 1 rings (SSSR count). The molecule has 0 aromatic carbocycles. The molecule has 0 saturated carbocycles. The van der Waals surface area contributed by atoms with Crippen LogP contribution in [0.15, 0.2) is 0 Å². The second-order valence-electron chi connectivity index (χ2n) is 4.24. The SMILES string of the molecule is CC(CC1CCCO1)NCC(O)C(F)(F)F. The van der Waals surface area contributed by atoms with Gasteiger partial charge in [0.1, 0.15) is 0 Å². The molecule has 0 bridgehead atoms. The average Bonchev–Trinajstić information content (AvgIpc) is 2.65. The molecule has 3 nitrogen and oxygen atoms in total. The lowest BCUT2D eigenvalue weighted by molar-refractivity contribution is -0.202. The highest BCUT2D eigenvalue weighted by molar-refractivity contribution is 4.75. The van der Waals surface area contributed by atoms with Crippen LogP contribution in [0.5, 0.6) is 0 Å². The average molecular weight is 241 g/mol. The summed E-state index contributed by atoms with van der Waals surface area (Å²) in [6.45, 7) is 2.07. The Hall–Kier alpha value is -0.330. The van der Waals surface area contributed by atoms with Crippen LogP contribution in [0.2, 0.25) is 0 Å². The number of alkyl halides is 3. The summed E-state index contributed by atoms with van der Waals surface area (Å²) in [4.78, 5) is 0. The molecule has 0 aromatic heterocycles. The van der Waals surface area contributed by atoms with E-state index in [9.17, 15) is 13.2 Å². The third-order valence-corrected chi connectivity index (χ3v) is 2.68. The van der Waals surface area contributed by atoms with Gasteiger partial charge in [0.2, 0.25) is 0 Å². The zero-order valence-electron chi connectivity index (χ0n) is 9.26. The molecule has 1 fully saturated rings. The number of aliphatic hydroxyl groups excluding tert-OH is 1. The summed E-state index contributed by atoms with van der Waals surface area (Å²) >= 11 is 0. The summed E-state index contributed by atoms with van der Waals surface area (Å²) in [6.07, 6.45) is -4.03. The molecule has 1 saturated heterocycles. The number of hydrogen-bond donors (Lipinski definition) is 2. The normalized spacial score (nSPS) is 25.7. The third-order valence-electron chi connectivity index (χ3n) is 2.68. The molecule has 0 aliphatic carbocycles. The molecule has 1 aliphatic rings. The van der Waals surface area contributed by atoms with Crippen LogP contribution in [0, 0.1) is 0 Å². The quantitative estimate of drug-likeness (QED) is 0.765. The molecule has 0 spiro atoms. The van der Waals surface area contributed by atoms with Gasteiger partial charge in [-0.25, -0.2) is 0 Å². The van der Waals surface area contributed by atoms with Crippen LogP contribution in [0.25, 0.3) is 0 Å². The van der Waals surface area contributed by atoms with E-state index in [1.54, 1.807) is 6.92 Å². The van der Waals surface area contributed by atoms with Gasteiger partial charge < -0.3 is 15.2 Å². The zero-order valence-corrected chi connectivity index (χ0v) is 9.26. The number of halogens is 3. The first-order valence-corrected chi connectivity index (χ1v) is 5.49. The summed E-state index contributed by atoms with van der Waals surface area (Å²) in [5, 5.41) is 11.4. The van der Waals surface area contributed by atoms with E-state index in [0.29, 0.717) is 6.42 Å². The van der Waals surface area contributed by atoms with Crippen LogP contribution < -0.4 is 5.32 Å². The van der Waals surface area contributed by atoms with E-state index in [4.69, 9.17) is 9.84 Å². The van der Waals surface area contributed by atoms with Gasteiger partial charge in [0, 0.05) is 19.2 Å². The lowest BCUT2D eigenvalue weighted by Gasteiger charge is -2.20. The van der Waals surface area contributed by atoms with Crippen molar-refractivity contribution < 1.29 is 23.0 Å². The molecule has 2 N–H and O–H groups in total. The number of nitrogens with one attached hydrogen (secondary N) is 1. The Kier molecular flexibility index (Phi) is 5.01. The van der Waals surface area contributed by atoms with Crippen molar-refractivity contribution in [1.82, 2.24) is 5.32 Å². The van der Waals surface area contributed by atoms with Crippen LogP contribution in [0.4, 0.5) is 13.2 Å². The Balaban J connectivity index is 2.16. The van der Waals surface area contributed by atoms with E-state index in [1.165, 1.54) is 0 Å². The molecule has 0 aromatic rings. The van der Waals surface area contributed by atoms with Gasteiger partial charge in [0.25, 0.3) is 0 Å². The fraction of sp³-hybridized carbons (Fsp3) is 1.00. The van der Waals surface area contributed by atoms with Crippen molar-refractivity contribution in [3.05, 3.63) is 0 Å². The van der Waals surface area contributed by atoms with E-state index >= 15 is 0 Å². The molecular formula is C10H18F3NO2. The van der Waals surface area contributed by atoms with Crippen LogP contribution in [0.3, 0.4) is 0 Å². The van der Waals surface area contributed by atoms with Crippen molar-refractivity contribution in [2.24, 2.45) is 0 Å². The van der Waals surface area contributed by atoms with Crippen molar-refractivity contribution in [2.45, 2.75) is 50.6 Å². The Morgan fingerprint density at radius 3 is 2.69 bits per heavy atom. The van der Waals surface area contributed by atoms with Crippen molar-refractivity contribution in [3.63, 3.8) is 0 Å². The Morgan fingerprint density at radius 1 is 1.50 bits per heavy atom. The minimum absolute atomic E-state index is 0.0832. The second kappa shape index (κ2) is 5.84. The van der Waals surface area contributed by atoms with Gasteiger partial charge in [0.05, 0.1) is 6.10 Å². The number of hydrogen-bond acceptors (Lipinski definition) is 3. The van der Waals surface area contributed by atoms with Gasteiger partial charge in [0.15, 0.2) is 6.10 Å². The van der Waals surface area contributed by atoms with Crippen LogP contribution >= 0.6 is 0 Å². The summed E-state index contributed by atoms with van der Waals surface area (Å²) in [5.41, 5.74) is 0. The second-order valence-corrected chi connectivity index (χ2v) is 4.24. The van der Waals surface area contributed by atoms with E-state index < -0.39 is 18.8 Å². The molecule has 16 heavy (non-hydrogen) atoms. The van der Waals surface area contributed by atoms with Gasteiger partial charge in [-0.1, -0.05) is 0 Å². The smallest absolute Gasteiger partial charge is 0.382 e. The van der Waals surface area contributed by atoms with Crippen molar-refractivity contribution >= 4 is 0 Å². The van der Waals surface area contributed by atoms with Crippen molar-refractivity contribution in [1.29, 1.82) is 0 Å². The molecule has 96 valence electrons. The van der Waals surface area contributed by atoms with Crippen LogP contribution in [0.1, 0.15) is 26.2 Å². The fourth-order valence-corrected chi connectivity index (χ4v) is 1.74. The molecule has 1 aliphatic heterocycles. The minimum Gasteiger partial charge on any atom is -0.382 e. The maximum absolute atomic E-state index is 12.0. The Morgan fingerprint density at radius 2 is 2.19 bits per heavy atom.